The molecule has 0 saturated carbocycles. The number of hydrogen-bond acceptors (Lipinski definition) is 5. The Hall–Kier alpha value is -2.54. The summed E-state index contributed by atoms with van der Waals surface area (Å²) >= 11 is 0. The maximum Gasteiger partial charge on any atom is 0.287 e. The Kier molecular flexibility index (Phi) is 5.78. The highest BCUT2D eigenvalue weighted by molar-refractivity contribution is 5.90. The fourth-order valence-corrected chi connectivity index (χ4v) is 3.05. The molecule has 1 aromatic heterocycles. The van der Waals surface area contributed by atoms with Gasteiger partial charge < -0.3 is 19.8 Å². The number of hydrogen-bond donors (Lipinski definition) is 2. The third-order valence-electron chi connectivity index (χ3n) is 4.50. The van der Waals surface area contributed by atoms with Gasteiger partial charge in [-0.25, -0.2) is 4.98 Å². The third kappa shape index (κ3) is 4.35. The number of aryl methyl sites for hydroxylation is 1. The maximum atomic E-state index is 12.1. The molecule has 0 fully saturated rings. The average molecular weight is 358 g/mol. The molecule has 1 aromatic carbocycles. The molecule has 7 heteroatoms. The molecule has 1 aliphatic heterocycles. The number of carbonyl (C=O) groups is 1. The highest BCUT2D eigenvalue weighted by Crippen LogP contribution is 2.29. The number of rotatable bonds is 6. The zero-order valence-electron chi connectivity index (χ0n) is 15.5. The molecule has 1 unspecified atom stereocenters. The van der Waals surface area contributed by atoms with Gasteiger partial charge in [-0.15, -0.1) is 0 Å². The SMILES string of the molecule is CCC1CN(CCNC(=O)c2ncc(C)[nH]2)Cc2cc(OC)ccc2O1. The first kappa shape index (κ1) is 18.3. The molecule has 0 spiro atoms. The lowest BCUT2D eigenvalue weighted by Crippen LogP contribution is -2.38. The van der Waals surface area contributed by atoms with Crippen molar-refractivity contribution in [3.05, 3.63) is 41.5 Å². The minimum atomic E-state index is -0.182. The standard InChI is InChI=1S/C19H26N4O3/c1-4-15-12-23(8-7-20-19(24)18-21-10-13(2)22-18)11-14-9-16(25-3)5-6-17(14)26-15/h5-6,9-10,15H,4,7-8,11-12H2,1-3H3,(H,20,24)(H,21,22). The Morgan fingerprint density at radius 2 is 2.35 bits per heavy atom. The molecule has 0 radical (unpaired) electrons. The molecule has 1 atom stereocenters. The van der Waals surface area contributed by atoms with Crippen molar-refractivity contribution in [2.45, 2.75) is 32.9 Å². The normalized spacial score (nSPS) is 17.1. The fraction of sp³-hybridized carbons (Fsp3) is 0.474. The number of nitrogens with one attached hydrogen (secondary N) is 2. The van der Waals surface area contributed by atoms with Gasteiger partial charge in [0.05, 0.1) is 7.11 Å². The first-order valence-electron chi connectivity index (χ1n) is 8.94. The number of aromatic nitrogens is 2. The molecule has 1 amide bonds. The number of benzene rings is 1. The molecule has 2 N–H and O–H groups in total. The van der Waals surface area contributed by atoms with E-state index in [-0.39, 0.29) is 12.0 Å². The third-order valence-corrected chi connectivity index (χ3v) is 4.50. The molecular weight excluding hydrogens is 332 g/mol. The Balaban J connectivity index is 1.62. The van der Waals surface area contributed by atoms with Crippen molar-refractivity contribution in [1.82, 2.24) is 20.2 Å². The fourth-order valence-electron chi connectivity index (χ4n) is 3.05. The smallest absolute Gasteiger partial charge is 0.287 e. The summed E-state index contributed by atoms with van der Waals surface area (Å²) in [6.07, 6.45) is 2.71. The van der Waals surface area contributed by atoms with Crippen molar-refractivity contribution in [3.63, 3.8) is 0 Å². The van der Waals surface area contributed by atoms with Crippen LogP contribution in [0.4, 0.5) is 0 Å². The van der Waals surface area contributed by atoms with E-state index in [1.807, 2.05) is 25.1 Å². The summed E-state index contributed by atoms with van der Waals surface area (Å²) in [6, 6.07) is 5.92. The Labute approximate surface area is 153 Å². The summed E-state index contributed by atoms with van der Waals surface area (Å²) in [5.74, 6) is 1.90. The van der Waals surface area contributed by atoms with Crippen LogP contribution in [-0.2, 0) is 6.54 Å². The summed E-state index contributed by atoms with van der Waals surface area (Å²) in [7, 11) is 1.66. The number of methoxy groups -OCH3 is 1. The summed E-state index contributed by atoms with van der Waals surface area (Å²) < 4.78 is 11.5. The second kappa shape index (κ2) is 8.23. The van der Waals surface area contributed by atoms with Crippen LogP contribution in [0, 0.1) is 6.92 Å². The largest absolute Gasteiger partial charge is 0.497 e. The first-order chi connectivity index (χ1) is 12.6. The molecule has 7 nitrogen and oxygen atoms in total. The molecule has 2 heterocycles. The number of nitrogens with zero attached hydrogens (tertiary/aromatic N) is 2. The van der Waals surface area contributed by atoms with Crippen molar-refractivity contribution in [2.24, 2.45) is 0 Å². The van der Waals surface area contributed by atoms with Gasteiger partial charge in [-0.2, -0.15) is 0 Å². The van der Waals surface area contributed by atoms with Gasteiger partial charge in [0.2, 0.25) is 0 Å². The zero-order chi connectivity index (χ0) is 18.5. The van der Waals surface area contributed by atoms with E-state index in [0.717, 1.165) is 48.8 Å². The molecule has 3 rings (SSSR count). The lowest BCUT2D eigenvalue weighted by atomic mass is 10.2. The van der Waals surface area contributed by atoms with Gasteiger partial charge >= 0.3 is 0 Å². The van der Waals surface area contributed by atoms with E-state index >= 15 is 0 Å². The zero-order valence-corrected chi connectivity index (χ0v) is 15.5. The molecule has 0 bridgehead atoms. The van der Waals surface area contributed by atoms with Crippen molar-refractivity contribution in [1.29, 1.82) is 0 Å². The highest BCUT2D eigenvalue weighted by atomic mass is 16.5. The molecule has 1 aliphatic rings. The number of imidazole rings is 1. The number of carbonyl (C=O) groups excluding carboxylic acids is 1. The van der Waals surface area contributed by atoms with Crippen LogP contribution in [0.15, 0.2) is 24.4 Å². The molecular formula is C19H26N4O3. The second-order valence-electron chi connectivity index (χ2n) is 6.53. The van der Waals surface area contributed by atoms with E-state index < -0.39 is 0 Å². The molecule has 0 aliphatic carbocycles. The number of amides is 1. The molecule has 140 valence electrons. The van der Waals surface area contributed by atoms with Crippen LogP contribution >= 0.6 is 0 Å². The summed E-state index contributed by atoms with van der Waals surface area (Å²) in [5, 5.41) is 2.92. The maximum absolute atomic E-state index is 12.1. The second-order valence-corrected chi connectivity index (χ2v) is 6.53. The van der Waals surface area contributed by atoms with Crippen molar-refractivity contribution < 1.29 is 14.3 Å². The van der Waals surface area contributed by atoms with Crippen molar-refractivity contribution in [2.75, 3.05) is 26.7 Å². The topological polar surface area (TPSA) is 79.5 Å². The van der Waals surface area contributed by atoms with E-state index in [1.54, 1.807) is 13.3 Å². The van der Waals surface area contributed by atoms with Crippen LogP contribution in [-0.4, -0.2) is 53.6 Å². The Morgan fingerprint density at radius 1 is 1.50 bits per heavy atom. The van der Waals surface area contributed by atoms with Gasteiger partial charge in [0.15, 0.2) is 5.82 Å². The lowest BCUT2D eigenvalue weighted by molar-refractivity contribution is 0.0933. The summed E-state index contributed by atoms with van der Waals surface area (Å²) in [5.41, 5.74) is 1.98. The lowest BCUT2D eigenvalue weighted by Gasteiger charge is -2.23. The number of aromatic amines is 1. The van der Waals surface area contributed by atoms with E-state index in [9.17, 15) is 4.79 Å². The van der Waals surface area contributed by atoms with Crippen molar-refractivity contribution in [3.8, 4) is 11.5 Å². The van der Waals surface area contributed by atoms with Crippen LogP contribution < -0.4 is 14.8 Å². The van der Waals surface area contributed by atoms with Crippen LogP contribution in [0.3, 0.4) is 0 Å². The minimum absolute atomic E-state index is 0.132. The van der Waals surface area contributed by atoms with Gasteiger partial charge in [0.25, 0.3) is 5.91 Å². The Morgan fingerprint density at radius 3 is 3.04 bits per heavy atom. The van der Waals surface area contributed by atoms with Gasteiger partial charge in [-0.3, -0.25) is 9.69 Å². The quantitative estimate of drug-likeness (QED) is 0.827. The number of fused-ring (bicyclic) bond motifs is 1. The van der Waals surface area contributed by atoms with Crippen LogP contribution in [0.2, 0.25) is 0 Å². The number of ether oxygens (including phenoxy) is 2. The van der Waals surface area contributed by atoms with Crippen LogP contribution in [0.25, 0.3) is 0 Å². The molecule has 26 heavy (non-hydrogen) atoms. The van der Waals surface area contributed by atoms with Gasteiger partial charge in [0, 0.05) is 43.6 Å². The van der Waals surface area contributed by atoms with Gasteiger partial charge in [-0.05, 0) is 31.5 Å². The molecule has 2 aromatic rings. The minimum Gasteiger partial charge on any atom is -0.497 e. The first-order valence-corrected chi connectivity index (χ1v) is 8.94. The Bertz CT molecular complexity index is 759. The van der Waals surface area contributed by atoms with E-state index in [0.29, 0.717) is 12.4 Å². The van der Waals surface area contributed by atoms with E-state index in [2.05, 4.69) is 27.1 Å². The summed E-state index contributed by atoms with van der Waals surface area (Å²) in [6.45, 7) is 6.87. The van der Waals surface area contributed by atoms with Crippen LogP contribution in [0.5, 0.6) is 11.5 Å². The van der Waals surface area contributed by atoms with Crippen LogP contribution in [0.1, 0.15) is 35.2 Å². The van der Waals surface area contributed by atoms with E-state index in [1.165, 1.54) is 0 Å². The van der Waals surface area contributed by atoms with Gasteiger partial charge in [0.1, 0.15) is 17.6 Å². The van der Waals surface area contributed by atoms with E-state index in [4.69, 9.17) is 9.47 Å². The summed E-state index contributed by atoms with van der Waals surface area (Å²) in [4.78, 5) is 21.4. The number of H-pyrrole nitrogens is 1. The predicted molar refractivity (Wildman–Crippen MR) is 98.6 cm³/mol. The monoisotopic (exact) mass is 358 g/mol. The average Bonchev–Trinajstić information content (AvgIpc) is 2.99. The molecule has 0 saturated heterocycles. The van der Waals surface area contributed by atoms with Crippen molar-refractivity contribution >= 4 is 5.91 Å². The van der Waals surface area contributed by atoms with Gasteiger partial charge in [-0.1, -0.05) is 6.92 Å². The highest BCUT2D eigenvalue weighted by Gasteiger charge is 2.22. The predicted octanol–water partition coefficient (Wildman–Crippen LogP) is 2.13.